The fourth-order valence-corrected chi connectivity index (χ4v) is 5.59. The van der Waals surface area contributed by atoms with Crippen molar-refractivity contribution in [1.29, 1.82) is 0 Å². The molecule has 35 heavy (non-hydrogen) atoms. The van der Waals surface area contributed by atoms with Gasteiger partial charge in [-0.2, -0.15) is 0 Å². The number of Topliss-reactive ketones (excluding diaryl/α,β-unsaturated/α-hetero) is 1. The number of ether oxygens (including phenoxy) is 1. The summed E-state index contributed by atoms with van der Waals surface area (Å²) in [4.78, 5) is 13.2. The SMILES string of the molecule is COc1cc(O)c(C(=O)CCC2CC3=C(C)C=C2CCC3)c(O)c1CCC(C)c1ccc(O)cc1. The Hall–Kier alpha value is -3.21. The molecule has 2 bridgehead atoms. The van der Waals surface area contributed by atoms with Crippen molar-refractivity contribution in [2.24, 2.45) is 5.92 Å². The van der Waals surface area contributed by atoms with E-state index in [4.69, 9.17) is 4.74 Å². The largest absolute Gasteiger partial charge is 0.508 e. The molecule has 3 N–H and O–H groups in total. The molecule has 2 unspecified atom stereocenters. The molecule has 0 heterocycles. The van der Waals surface area contributed by atoms with E-state index in [1.54, 1.807) is 12.1 Å². The van der Waals surface area contributed by atoms with Crippen LogP contribution in [0.1, 0.15) is 86.2 Å². The van der Waals surface area contributed by atoms with Crippen molar-refractivity contribution in [2.75, 3.05) is 7.11 Å². The van der Waals surface area contributed by atoms with Crippen molar-refractivity contribution < 1.29 is 24.9 Å². The third-order valence-electron chi connectivity index (χ3n) is 7.77. The van der Waals surface area contributed by atoms with Gasteiger partial charge in [0.1, 0.15) is 28.6 Å². The Balaban J connectivity index is 1.48. The molecule has 2 atom stereocenters. The Morgan fingerprint density at radius 3 is 2.60 bits per heavy atom. The number of hydrogen-bond acceptors (Lipinski definition) is 5. The average Bonchev–Trinajstić information content (AvgIpc) is 3.14. The van der Waals surface area contributed by atoms with E-state index in [1.807, 2.05) is 12.1 Å². The summed E-state index contributed by atoms with van der Waals surface area (Å²) in [6.07, 6.45) is 8.92. The van der Waals surface area contributed by atoms with Crippen LogP contribution in [0.5, 0.6) is 23.0 Å². The quantitative estimate of drug-likeness (QED) is 0.341. The second-order valence-electron chi connectivity index (χ2n) is 10.1. The van der Waals surface area contributed by atoms with Gasteiger partial charge in [0.25, 0.3) is 0 Å². The van der Waals surface area contributed by atoms with Crippen LogP contribution in [0.3, 0.4) is 0 Å². The monoisotopic (exact) mass is 476 g/mol. The van der Waals surface area contributed by atoms with Gasteiger partial charge in [0.2, 0.25) is 0 Å². The molecule has 1 saturated carbocycles. The van der Waals surface area contributed by atoms with Gasteiger partial charge in [-0.15, -0.1) is 0 Å². The Morgan fingerprint density at radius 1 is 1.14 bits per heavy atom. The topological polar surface area (TPSA) is 87.0 Å². The smallest absolute Gasteiger partial charge is 0.170 e. The molecule has 0 saturated heterocycles. The Morgan fingerprint density at radius 2 is 1.89 bits per heavy atom. The molecular formula is C30H36O5. The number of hydrogen-bond donors (Lipinski definition) is 3. The van der Waals surface area contributed by atoms with Gasteiger partial charge < -0.3 is 20.1 Å². The highest BCUT2D eigenvalue weighted by molar-refractivity contribution is 6.02. The molecule has 5 nitrogen and oxygen atoms in total. The number of carbonyl (C=O) groups excluding carboxylic acids is 1. The number of benzene rings is 2. The number of aromatic hydroxyl groups is 3. The fraction of sp³-hybridized carbons (Fsp3) is 0.433. The van der Waals surface area contributed by atoms with Crippen molar-refractivity contribution in [3.8, 4) is 23.0 Å². The first-order chi connectivity index (χ1) is 16.8. The maximum absolute atomic E-state index is 13.2. The first-order valence-corrected chi connectivity index (χ1v) is 12.6. The summed E-state index contributed by atoms with van der Waals surface area (Å²) in [5.74, 6) is 0.495. The van der Waals surface area contributed by atoms with Crippen molar-refractivity contribution >= 4 is 5.78 Å². The minimum Gasteiger partial charge on any atom is -0.508 e. The highest BCUT2D eigenvalue weighted by atomic mass is 16.5. The summed E-state index contributed by atoms with van der Waals surface area (Å²) in [5, 5.41) is 31.2. The van der Waals surface area contributed by atoms with Crippen LogP contribution in [0.2, 0.25) is 0 Å². The lowest BCUT2D eigenvalue weighted by Crippen LogP contribution is -2.12. The molecule has 3 aliphatic rings. The standard InChI is InChI=1S/C30H36O5/c1-18(20-8-11-24(31)12-9-20)7-13-25-28(35-3)17-27(33)29(30(25)34)26(32)14-10-23-16-21-5-4-6-22(23)15-19(21)2/h8-9,11-12,15,17-18,23,31,33-34H,4-7,10,13-14,16H2,1-3H3. The molecule has 0 amide bonds. The number of methoxy groups -OCH3 is 1. The van der Waals surface area contributed by atoms with E-state index >= 15 is 0 Å². The van der Waals surface area contributed by atoms with E-state index in [2.05, 4.69) is 19.9 Å². The summed E-state index contributed by atoms with van der Waals surface area (Å²) in [6.45, 7) is 4.26. The number of rotatable bonds is 9. The average molecular weight is 477 g/mol. The third-order valence-corrected chi connectivity index (χ3v) is 7.77. The number of allylic oxidation sites excluding steroid dienone is 4. The molecule has 2 aromatic carbocycles. The zero-order valence-electron chi connectivity index (χ0n) is 20.9. The Labute approximate surface area is 207 Å². The highest BCUT2D eigenvalue weighted by Gasteiger charge is 2.28. The maximum atomic E-state index is 13.2. The van der Waals surface area contributed by atoms with Gasteiger partial charge in [-0.1, -0.05) is 41.9 Å². The van der Waals surface area contributed by atoms with E-state index in [-0.39, 0.29) is 40.9 Å². The zero-order valence-corrected chi connectivity index (χ0v) is 20.9. The second kappa shape index (κ2) is 10.6. The van der Waals surface area contributed by atoms with Crippen molar-refractivity contribution in [3.05, 3.63) is 69.8 Å². The van der Waals surface area contributed by atoms with Crippen LogP contribution >= 0.6 is 0 Å². The van der Waals surface area contributed by atoms with Gasteiger partial charge >= 0.3 is 0 Å². The predicted molar refractivity (Wildman–Crippen MR) is 137 cm³/mol. The van der Waals surface area contributed by atoms with Gasteiger partial charge in [-0.05, 0) is 81.4 Å². The van der Waals surface area contributed by atoms with Crippen LogP contribution in [0.4, 0.5) is 0 Å². The minimum absolute atomic E-state index is 0.00115. The predicted octanol–water partition coefficient (Wildman–Crippen LogP) is 6.96. The van der Waals surface area contributed by atoms with Crippen LogP contribution in [0, 0.1) is 5.92 Å². The van der Waals surface area contributed by atoms with Gasteiger partial charge in [-0.25, -0.2) is 0 Å². The molecule has 0 aliphatic heterocycles. The van der Waals surface area contributed by atoms with Crippen LogP contribution < -0.4 is 4.74 Å². The van der Waals surface area contributed by atoms with Gasteiger partial charge in [0.15, 0.2) is 5.78 Å². The second-order valence-corrected chi connectivity index (χ2v) is 10.1. The molecule has 2 aromatic rings. The summed E-state index contributed by atoms with van der Waals surface area (Å²) in [7, 11) is 1.49. The molecule has 1 fully saturated rings. The number of phenols is 3. The van der Waals surface area contributed by atoms with Gasteiger partial charge in [0, 0.05) is 18.1 Å². The molecule has 0 spiro atoms. The van der Waals surface area contributed by atoms with Crippen LogP contribution in [0.15, 0.2) is 53.1 Å². The summed E-state index contributed by atoms with van der Waals surface area (Å²) >= 11 is 0. The lowest BCUT2D eigenvalue weighted by molar-refractivity contribution is 0.0969. The summed E-state index contributed by atoms with van der Waals surface area (Å²) in [5.41, 5.74) is 5.94. The lowest BCUT2D eigenvalue weighted by atomic mass is 9.81. The maximum Gasteiger partial charge on any atom is 0.170 e. The lowest BCUT2D eigenvalue weighted by Gasteiger charge is -2.24. The molecule has 3 aliphatic carbocycles. The first kappa shape index (κ1) is 24.9. The van der Waals surface area contributed by atoms with Crippen molar-refractivity contribution in [1.82, 2.24) is 0 Å². The third kappa shape index (κ3) is 5.39. The normalized spacial score (nSPS) is 18.3. The highest BCUT2D eigenvalue weighted by Crippen LogP contribution is 2.43. The van der Waals surface area contributed by atoms with Crippen LogP contribution in [-0.2, 0) is 6.42 Å². The van der Waals surface area contributed by atoms with E-state index in [1.165, 1.54) is 36.3 Å². The summed E-state index contributed by atoms with van der Waals surface area (Å²) in [6, 6.07) is 8.54. The van der Waals surface area contributed by atoms with E-state index in [0.717, 1.165) is 31.2 Å². The molecule has 186 valence electrons. The summed E-state index contributed by atoms with van der Waals surface area (Å²) < 4.78 is 5.43. The Bertz CT molecular complexity index is 1160. The number of ketones is 1. The molecule has 0 radical (unpaired) electrons. The minimum atomic E-state index is -0.236. The first-order valence-electron chi connectivity index (χ1n) is 12.6. The number of fused-ring (bicyclic) bond motifs is 4. The van der Waals surface area contributed by atoms with Crippen LogP contribution in [0.25, 0.3) is 0 Å². The number of phenolic OH excluding ortho intramolecular Hbond substituents is 3. The molecule has 5 rings (SSSR count). The Kier molecular flexibility index (Phi) is 7.54. The van der Waals surface area contributed by atoms with Gasteiger partial charge in [-0.3, -0.25) is 4.79 Å². The molecule has 0 aromatic heterocycles. The van der Waals surface area contributed by atoms with E-state index in [0.29, 0.717) is 30.1 Å². The van der Waals surface area contributed by atoms with Crippen LogP contribution in [-0.4, -0.2) is 28.2 Å². The zero-order chi connectivity index (χ0) is 25.1. The van der Waals surface area contributed by atoms with E-state index in [9.17, 15) is 20.1 Å². The van der Waals surface area contributed by atoms with Crippen molar-refractivity contribution in [2.45, 2.75) is 71.1 Å². The van der Waals surface area contributed by atoms with E-state index < -0.39 is 0 Å². The van der Waals surface area contributed by atoms with Gasteiger partial charge in [0.05, 0.1) is 7.11 Å². The fourth-order valence-electron chi connectivity index (χ4n) is 5.59. The number of carbonyl (C=O) groups is 1. The molecule has 5 heteroatoms. The molecular weight excluding hydrogens is 440 g/mol. The van der Waals surface area contributed by atoms with Crippen molar-refractivity contribution in [3.63, 3.8) is 0 Å².